The fourth-order valence-electron chi connectivity index (χ4n) is 3.89. The van der Waals surface area contributed by atoms with Crippen molar-refractivity contribution in [1.29, 1.82) is 0 Å². The Kier molecular flexibility index (Phi) is 9.76. The third-order valence-corrected chi connectivity index (χ3v) is 6.95. The van der Waals surface area contributed by atoms with Crippen molar-refractivity contribution in [3.05, 3.63) is 105 Å². The highest BCUT2D eigenvalue weighted by molar-refractivity contribution is 6.42. The van der Waals surface area contributed by atoms with Crippen molar-refractivity contribution in [1.82, 2.24) is 10.2 Å². The minimum absolute atomic E-state index is 0.00580. The highest BCUT2D eigenvalue weighted by Crippen LogP contribution is 2.24. The first-order chi connectivity index (χ1) is 16.8. The summed E-state index contributed by atoms with van der Waals surface area (Å²) in [5, 5.41) is 3.93. The predicted octanol–water partition coefficient (Wildman–Crippen LogP) is 6.40. The summed E-state index contributed by atoms with van der Waals surface area (Å²) in [6, 6.07) is 22.3. The summed E-state index contributed by atoms with van der Waals surface area (Å²) in [5.74, 6) is -0.300. The first kappa shape index (κ1) is 26.8. The summed E-state index contributed by atoms with van der Waals surface area (Å²) in [6.45, 7) is 6.35. The Bertz CT molecular complexity index is 1150. The molecule has 3 aromatic rings. The Morgan fingerprint density at radius 3 is 2.26 bits per heavy atom. The zero-order valence-corrected chi connectivity index (χ0v) is 21.9. The van der Waals surface area contributed by atoms with Gasteiger partial charge in [-0.2, -0.15) is 0 Å². The van der Waals surface area contributed by atoms with Gasteiger partial charge in [-0.3, -0.25) is 9.59 Å². The molecule has 0 aliphatic heterocycles. The van der Waals surface area contributed by atoms with Gasteiger partial charge in [0, 0.05) is 19.0 Å². The molecule has 184 valence electrons. The minimum Gasteiger partial charge on any atom is -0.352 e. The smallest absolute Gasteiger partial charge is 0.243 e. The third kappa shape index (κ3) is 7.58. The predicted molar refractivity (Wildman–Crippen MR) is 144 cm³/mol. The lowest BCUT2D eigenvalue weighted by Crippen LogP contribution is -2.52. The van der Waals surface area contributed by atoms with Crippen molar-refractivity contribution < 1.29 is 9.59 Å². The van der Waals surface area contributed by atoms with Gasteiger partial charge in [-0.1, -0.05) is 90.8 Å². The highest BCUT2D eigenvalue weighted by Gasteiger charge is 2.31. The number of hydrogen-bond donors (Lipinski definition) is 1. The van der Waals surface area contributed by atoms with Gasteiger partial charge in [0.1, 0.15) is 6.04 Å². The highest BCUT2D eigenvalue weighted by atomic mass is 35.5. The average Bonchev–Trinajstić information content (AvgIpc) is 2.85. The average molecular weight is 511 g/mol. The second-order valence-corrected chi connectivity index (χ2v) is 9.71. The maximum Gasteiger partial charge on any atom is 0.243 e. The number of hydrogen-bond acceptors (Lipinski definition) is 2. The fraction of sp³-hybridized carbons (Fsp3) is 0.310. The van der Waals surface area contributed by atoms with Gasteiger partial charge < -0.3 is 10.2 Å². The fourth-order valence-corrected chi connectivity index (χ4v) is 4.21. The first-order valence-electron chi connectivity index (χ1n) is 11.9. The van der Waals surface area contributed by atoms with Crippen LogP contribution in [0.3, 0.4) is 0 Å². The van der Waals surface area contributed by atoms with Gasteiger partial charge in [0.2, 0.25) is 11.8 Å². The van der Waals surface area contributed by atoms with E-state index in [2.05, 4.69) is 5.32 Å². The van der Waals surface area contributed by atoms with Gasteiger partial charge >= 0.3 is 0 Å². The van der Waals surface area contributed by atoms with Crippen molar-refractivity contribution in [2.45, 2.75) is 58.7 Å². The van der Waals surface area contributed by atoms with E-state index >= 15 is 0 Å². The Labute approximate surface area is 218 Å². The van der Waals surface area contributed by atoms with Crippen LogP contribution in [-0.4, -0.2) is 28.8 Å². The van der Waals surface area contributed by atoms with Crippen LogP contribution in [0.2, 0.25) is 10.0 Å². The van der Waals surface area contributed by atoms with Crippen molar-refractivity contribution in [3.63, 3.8) is 0 Å². The molecule has 0 saturated carbocycles. The number of benzene rings is 3. The molecule has 0 fully saturated rings. The van der Waals surface area contributed by atoms with Gasteiger partial charge in [0.25, 0.3) is 0 Å². The van der Waals surface area contributed by atoms with Crippen molar-refractivity contribution in [2.75, 3.05) is 0 Å². The summed E-state index contributed by atoms with van der Waals surface area (Å²) in [7, 11) is 0. The molecule has 0 bridgehead atoms. The molecule has 0 heterocycles. The van der Waals surface area contributed by atoms with Crippen molar-refractivity contribution in [2.24, 2.45) is 0 Å². The first-order valence-corrected chi connectivity index (χ1v) is 12.7. The summed E-state index contributed by atoms with van der Waals surface area (Å²) >= 11 is 12.3. The number of halogens is 2. The normalized spacial score (nSPS) is 12.6. The number of carbonyl (C=O) groups is 2. The minimum atomic E-state index is -0.665. The van der Waals surface area contributed by atoms with Gasteiger partial charge in [-0.15, -0.1) is 0 Å². The SMILES string of the molecule is CC[C@@H](C)NC(=O)[C@H](Cc1ccccc1)N(Cc1ccccc1C)C(=O)Cc1ccc(Cl)c(Cl)c1. The van der Waals surface area contributed by atoms with E-state index in [-0.39, 0.29) is 24.3 Å². The number of nitrogens with zero attached hydrogens (tertiary/aromatic N) is 1. The summed E-state index contributed by atoms with van der Waals surface area (Å²) in [5.41, 5.74) is 3.82. The maximum atomic E-state index is 13.8. The van der Waals surface area contributed by atoms with E-state index in [4.69, 9.17) is 23.2 Å². The molecule has 0 aromatic heterocycles. The molecule has 3 aromatic carbocycles. The lowest BCUT2D eigenvalue weighted by Gasteiger charge is -2.33. The van der Waals surface area contributed by atoms with Gasteiger partial charge in [0.15, 0.2) is 0 Å². The van der Waals surface area contributed by atoms with Crippen LogP contribution in [0.5, 0.6) is 0 Å². The van der Waals surface area contributed by atoms with Crippen LogP contribution in [0, 0.1) is 6.92 Å². The van der Waals surface area contributed by atoms with E-state index in [1.54, 1.807) is 23.1 Å². The molecular weight excluding hydrogens is 479 g/mol. The van der Waals surface area contributed by atoms with Crippen LogP contribution in [0.4, 0.5) is 0 Å². The van der Waals surface area contributed by atoms with Crippen LogP contribution in [0.25, 0.3) is 0 Å². The number of aryl methyl sites for hydroxylation is 1. The molecule has 0 spiro atoms. The molecule has 0 radical (unpaired) electrons. The number of nitrogens with one attached hydrogen (secondary N) is 1. The summed E-state index contributed by atoms with van der Waals surface area (Å²) in [6.07, 6.45) is 1.34. The summed E-state index contributed by atoms with van der Waals surface area (Å²) < 4.78 is 0. The molecule has 0 aliphatic rings. The molecule has 0 unspecified atom stereocenters. The molecular formula is C29H32Cl2N2O2. The molecule has 0 aliphatic carbocycles. The van der Waals surface area contributed by atoms with E-state index in [1.807, 2.05) is 75.4 Å². The van der Waals surface area contributed by atoms with Gasteiger partial charge in [-0.05, 0) is 54.7 Å². The Morgan fingerprint density at radius 2 is 1.60 bits per heavy atom. The summed E-state index contributed by atoms with van der Waals surface area (Å²) in [4.78, 5) is 29.0. The van der Waals surface area contributed by atoms with E-state index in [0.29, 0.717) is 23.0 Å². The van der Waals surface area contributed by atoms with Crippen LogP contribution in [0.1, 0.15) is 42.5 Å². The Morgan fingerprint density at radius 1 is 0.914 bits per heavy atom. The Hall–Kier alpha value is -2.82. The quantitative estimate of drug-likeness (QED) is 0.343. The third-order valence-electron chi connectivity index (χ3n) is 6.21. The number of amides is 2. The zero-order chi connectivity index (χ0) is 25.4. The van der Waals surface area contributed by atoms with Crippen molar-refractivity contribution >= 4 is 35.0 Å². The number of carbonyl (C=O) groups excluding carboxylic acids is 2. The molecule has 1 N–H and O–H groups in total. The molecule has 6 heteroatoms. The monoisotopic (exact) mass is 510 g/mol. The maximum absolute atomic E-state index is 13.8. The second kappa shape index (κ2) is 12.8. The van der Waals surface area contributed by atoms with Gasteiger partial charge in [0.05, 0.1) is 16.5 Å². The lowest BCUT2D eigenvalue weighted by molar-refractivity contribution is -0.141. The topological polar surface area (TPSA) is 49.4 Å². The van der Waals surface area contributed by atoms with Crippen LogP contribution < -0.4 is 5.32 Å². The van der Waals surface area contributed by atoms with E-state index in [0.717, 1.165) is 28.7 Å². The Balaban J connectivity index is 1.99. The number of rotatable bonds is 10. The molecule has 3 rings (SSSR count). The largest absolute Gasteiger partial charge is 0.352 e. The standard InChI is InChI=1S/C29H32Cl2N2O2/c1-4-21(3)32-29(35)27(17-22-11-6-5-7-12-22)33(19-24-13-9-8-10-20(24)2)28(34)18-23-14-15-25(30)26(31)16-23/h5-16,21,27H,4,17-19H2,1-3H3,(H,32,35)/t21-,27+/m1/s1. The van der Waals surface area contributed by atoms with Gasteiger partial charge in [-0.25, -0.2) is 0 Å². The zero-order valence-electron chi connectivity index (χ0n) is 20.4. The van der Waals surface area contributed by atoms with E-state index in [1.165, 1.54) is 0 Å². The molecule has 35 heavy (non-hydrogen) atoms. The molecule has 0 saturated heterocycles. The lowest BCUT2D eigenvalue weighted by atomic mass is 10.00. The molecule has 2 amide bonds. The van der Waals surface area contributed by atoms with E-state index < -0.39 is 6.04 Å². The van der Waals surface area contributed by atoms with E-state index in [9.17, 15) is 9.59 Å². The van der Waals surface area contributed by atoms with Crippen LogP contribution in [-0.2, 0) is 29.0 Å². The molecule has 2 atom stereocenters. The molecule has 4 nitrogen and oxygen atoms in total. The van der Waals surface area contributed by atoms with Crippen LogP contribution in [0.15, 0.2) is 72.8 Å². The van der Waals surface area contributed by atoms with Crippen LogP contribution >= 0.6 is 23.2 Å². The second-order valence-electron chi connectivity index (χ2n) is 8.90. The van der Waals surface area contributed by atoms with Crippen molar-refractivity contribution in [3.8, 4) is 0 Å².